The van der Waals surface area contributed by atoms with Gasteiger partial charge in [-0.3, -0.25) is 19.2 Å². The lowest BCUT2D eigenvalue weighted by molar-refractivity contribution is 0.466. The molecular weight excluding hydrogens is 892 g/mol. The molecule has 0 aliphatic carbocycles. The van der Waals surface area contributed by atoms with Gasteiger partial charge in [-0.2, -0.15) is 0 Å². The van der Waals surface area contributed by atoms with Crippen LogP contribution >= 0.6 is 34.3 Å². The first kappa shape index (κ1) is 47.6. The summed E-state index contributed by atoms with van der Waals surface area (Å²) in [7, 11) is 0. The van der Waals surface area contributed by atoms with Crippen molar-refractivity contribution in [3.05, 3.63) is 165 Å². The molecule has 7 nitrogen and oxygen atoms in total. The molecule has 0 spiro atoms. The van der Waals surface area contributed by atoms with Gasteiger partial charge in [-0.05, 0) is 117 Å². The number of thiophene rings is 2. The van der Waals surface area contributed by atoms with Crippen molar-refractivity contribution in [1.29, 1.82) is 0 Å². The number of aromatic hydroxyl groups is 1. The maximum Gasteiger partial charge on any atom is 0.268 e. The van der Waals surface area contributed by atoms with Gasteiger partial charge >= 0.3 is 0 Å². The van der Waals surface area contributed by atoms with Crippen LogP contribution in [0.3, 0.4) is 0 Å². The van der Waals surface area contributed by atoms with Crippen LogP contribution in [0.2, 0.25) is 5.02 Å². The van der Waals surface area contributed by atoms with Gasteiger partial charge in [0.2, 0.25) is 16.3 Å². The maximum absolute atomic E-state index is 12.1. The Morgan fingerprint density at radius 1 is 0.418 bits per heavy atom. The van der Waals surface area contributed by atoms with Crippen LogP contribution < -0.4 is 21.7 Å². The molecule has 4 aromatic heterocycles. The molecule has 0 bridgehead atoms. The van der Waals surface area contributed by atoms with Crippen molar-refractivity contribution in [3.8, 4) is 36.6 Å². The topological polar surface area (TPSA) is 98.4 Å². The van der Waals surface area contributed by atoms with Crippen molar-refractivity contribution < 1.29 is 5.11 Å². The van der Waals surface area contributed by atoms with Crippen LogP contribution in [0.15, 0.2) is 116 Å². The Bertz CT molecular complexity index is 3360. The Kier molecular flexibility index (Phi) is 11.5. The van der Waals surface area contributed by atoms with Gasteiger partial charge in [0, 0.05) is 31.3 Å². The zero-order valence-corrected chi connectivity index (χ0v) is 41.8. The lowest BCUT2D eigenvalue weighted by Gasteiger charge is -2.19. The third-order valence-corrected chi connectivity index (χ3v) is 15.4. The molecule has 10 aromatic rings. The molecule has 4 heterocycles. The van der Waals surface area contributed by atoms with E-state index < -0.39 is 27.5 Å². The second-order valence-corrected chi connectivity index (χ2v) is 24.1. The average Bonchev–Trinajstić information content (AvgIpc) is 4.05. The van der Waals surface area contributed by atoms with Gasteiger partial charge in [-0.1, -0.05) is 126 Å². The SMILES string of the molecule is C.CC(C)(C)c1ccc2c(c1)c1cc(C(C)(C)C)ccc1n2-c1ccc(-c2c(Cl)c(=O)c2=O)s1.CC(C)(C)c1ccc2c(c1)c1cc(C(C)(C)C)ccc1n2-c1ccc(-c2c(O)c(=O)c2=O)s1. The monoisotopic (exact) mass is 948 g/mol. The first-order valence-electron chi connectivity index (χ1n) is 22.2. The number of hydrogen-bond acceptors (Lipinski definition) is 7. The van der Waals surface area contributed by atoms with Gasteiger partial charge in [-0.15, -0.1) is 22.7 Å². The molecule has 344 valence electrons. The molecule has 0 saturated carbocycles. The van der Waals surface area contributed by atoms with Crippen molar-refractivity contribution in [1.82, 2.24) is 9.13 Å². The van der Waals surface area contributed by atoms with E-state index in [0.29, 0.717) is 10.4 Å². The molecule has 10 heteroatoms. The van der Waals surface area contributed by atoms with E-state index in [4.69, 9.17) is 11.6 Å². The fraction of sp³-hybridized carbons (Fsp3) is 0.298. The number of rotatable bonds is 4. The fourth-order valence-electron chi connectivity index (χ4n) is 8.74. The lowest BCUT2D eigenvalue weighted by atomic mass is 9.85. The zero-order valence-electron chi connectivity index (χ0n) is 39.4. The third kappa shape index (κ3) is 7.92. The van der Waals surface area contributed by atoms with Crippen LogP contribution in [-0.2, 0) is 21.7 Å². The summed E-state index contributed by atoms with van der Waals surface area (Å²) < 4.78 is 4.46. The highest BCUT2D eigenvalue weighted by Gasteiger charge is 2.27. The summed E-state index contributed by atoms with van der Waals surface area (Å²) in [6.07, 6.45) is 0. The van der Waals surface area contributed by atoms with Crippen LogP contribution in [0.1, 0.15) is 113 Å². The van der Waals surface area contributed by atoms with E-state index in [1.54, 1.807) is 6.07 Å². The van der Waals surface area contributed by atoms with E-state index in [9.17, 15) is 24.3 Å². The van der Waals surface area contributed by atoms with Gasteiger partial charge in [0.15, 0.2) is 5.75 Å². The standard InChI is InChI=1S/C28H26ClNO2S.C28H27NO3S.CH4/c1-27(2,3)15-7-9-19-17(13-15)18-14-16(28(4,5)6)8-10-20(18)30(19)22-12-11-21(33-22)23-24(29)26(32)25(23)31;1-27(2,3)15-7-9-19-17(13-15)18-14-16(28(4,5)6)8-10-20(18)29(19)22-12-11-21(33-22)23-24(30)26(32)25(23)31;/h7-14H,1-6H3;7-14,30H,1-6H3;1H4. The third-order valence-electron chi connectivity index (χ3n) is 12.8. The second kappa shape index (κ2) is 16.1. The van der Waals surface area contributed by atoms with E-state index in [1.165, 1.54) is 66.5 Å². The van der Waals surface area contributed by atoms with E-state index in [0.717, 1.165) is 36.9 Å². The molecule has 0 fully saturated rings. The first-order valence-corrected chi connectivity index (χ1v) is 24.2. The summed E-state index contributed by atoms with van der Waals surface area (Å²) in [5.41, 5.74) is 7.63. The Morgan fingerprint density at radius 3 is 1.00 bits per heavy atom. The molecular formula is C57H57ClN2O5S2. The molecule has 6 aromatic carbocycles. The van der Waals surface area contributed by atoms with Crippen LogP contribution in [0.5, 0.6) is 5.75 Å². The fourth-order valence-corrected chi connectivity index (χ4v) is 11.2. The first-order chi connectivity index (χ1) is 30.8. The Labute approximate surface area is 403 Å². The van der Waals surface area contributed by atoms with Gasteiger partial charge in [0.25, 0.3) is 5.43 Å². The molecule has 0 aliphatic heterocycles. The van der Waals surface area contributed by atoms with Gasteiger partial charge in [0.05, 0.1) is 33.2 Å². The predicted octanol–water partition coefficient (Wildman–Crippen LogP) is 14.4. The molecule has 10 rings (SSSR count). The number of hydrogen-bond donors (Lipinski definition) is 1. The smallest absolute Gasteiger partial charge is 0.268 e. The zero-order chi connectivity index (χ0) is 47.7. The molecule has 0 saturated heterocycles. The average molecular weight is 950 g/mol. The quantitative estimate of drug-likeness (QED) is 0.177. The van der Waals surface area contributed by atoms with Gasteiger partial charge in [-0.25, -0.2) is 0 Å². The highest BCUT2D eigenvalue weighted by Crippen LogP contribution is 2.43. The van der Waals surface area contributed by atoms with Crippen molar-refractivity contribution in [2.24, 2.45) is 0 Å². The van der Waals surface area contributed by atoms with Crippen molar-refractivity contribution in [2.75, 3.05) is 0 Å². The summed E-state index contributed by atoms with van der Waals surface area (Å²) in [6.45, 7) is 26.7. The summed E-state index contributed by atoms with van der Waals surface area (Å²) >= 11 is 8.93. The number of halogens is 1. The Balaban J connectivity index is 0.000000179. The number of aromatic nitrogens is 2. The van der Waals surface area contributed by atoms with E-state index in [-0.39, 0.29) is 39.7 Å². The minimum Gasteiger partial charge on any atom is -0.503 e. The molecule has 0 atom stereocenters. The lowest BCUT2D eigenvalue weighted by Crippen LogP contribution is -2.32. The Morgan fingerprint density at radius 2 is 0.716 bits per heavy atom. The van der Waals surface area contributed by atoms with Crippen LogP contribution in [0.4, 0.5) is 0 Å². The molecule has 0 unspecified atom stereocenters. The molecule has 0 amide bonds. The highest BCUT2D eigenvalue weighted by molar-refractivity contribution is 7.18. The van der Waals surface area contributed by atoms with Crippen molar-refractivity contribution in [3.63, 3.8) is 0 Å². The normalized spacial score (nSPS) is 12.7. The second-order valence-electron chi connectivity index (χ2n) is 21.6. The van der Waals surface area contributed by atoms with Gasteiger partial charge in [0.1, 0.15) is 15.0 Å². The largest absolute Gasteiger partial charge is 0.503 e. The van der Waals surface area contributed by atoms with E-state index in [1.807, 2.05) is 18.2 Å². The van der Waals surface area contributed by atoms with Gasteiger partial charge < -0.3 is 14.2 Å². The van der Waals surface area contributed by atoms with Crippen LogP contribution in [-0.4, -0.2) is 14.2 Å². The predicted molar refractivity (Wildman–Crippen MR) is 286 cm³/mol. The summed E-state index contributed by atoms with van der Waals surface area (Å²) in [6, 6.07) is 34.3. The number of benzene rings is 4. The highest BCUT2D eigenvalue weighted by atomic mass is 35.5. The minimum atomic E-state index is -0.804. The van der Waals surface area contributed by atoms with Crippen LogP contribution in [0, 0.1) is 0 Å². The maximum atomic E-state index is 12.1. The van der Waals surface area contributed by atoms with E-state index in [2.05, 4.69) is 165 Å². The molecule has 67 heavy (non-hydrogen) atoms. The number of nitrogens with zero attached hydrogens (tertiary/aromatic N) is 2. The minimum absolute atomic E-state index is 0. The summed E-state index contributed by atoms with van der Waals surface area (Å²) in [5, 5.41) is 16.7. The Hall–Kier alpha value is -5.87. The summed E-state index contributed by atoms with van der Waals surface area (Å²) in [5.74, 6) is -0.430. The molecule has 0 aliphatic rings. The van der Waals surface area contributed by atoms with Crippen LogP contribution in [0.25, 0.3) is 74.5 Å². The summed E-state index contributed by atoms with van der Waals surface area (Å²) in [4.78, 5) is 48.5. The van der Waals surface area contributed by atoms with Crippen molar-refractivity contribution >= 4 is 77.9 Å². The van der Waals surface area contributed by atoms with E-state index >= 15 is 0 Å². The van der Waals surface area contributed by atoms with Crippen molar-refractivity contribution in [2.45, 2.75) is 112 Å². The molecule has 1 N–H and O–H groups in total. The number of fused-ring (bicyclic) bond motifs is 6. The molecule has 0 radical (unpaired) electrons.